The number of hydrogen-bond donors (Lipinski definition) is 0. The zero-order valence-electron chi connectivity index (χ0n) is 20.7. The maximum absolute atomic E-state index is 14.2. The van der Waals surface area contributed by atoms with Crippen molar-refractivity contribution in [1.82, 2.24) is 4.90 Å². The van der Waals surface area contributed by atoms with E-state index in [1.165, 1.54) is 12.0 Å². The first-order chi connectivity index (χ1) is 17.3. The third-order valence-corrected chi connectivity index (χ3v) is 8.82. The van der Waals surface area contributed by atoms with E-state index < -0.39 is 18.8 Å². The summed E-state index contributed by atoms with van der Waals surface area (Å²) in [4.78, 5) is 2.60. The van der Waals surface area contributed by atoms with Crippen molar-refractivity contribution in [2.75, 3.05) is 0 Å². The van der Waals surface area contributed by atoms with E-state index in [2.05, 4.69) is 30.0 Å². The van der Waals surface area contributed by atoms with Crippen LogP contribution in [0.25, 0.3) is 10.8 Å². The highest BCUT2D eigenvalue weighted by molar-refractivity contribution is 5.88. The van der Waals surface area contributed by atoms with Crippen molar-refractivity contribution in [2.24, 2.45) is 11.8 Å². The number of fused-ring (bicyclic) bond motifs is 3. The Morgan fingerprint density at radius 3 is 2.33 bits per heavy atom. The molecule has 2 aromatic rings. The van der Waals surface area contributed by atoms with Crippen molar-refractivity contribution in [3.8, 4) is 11.8 Å². The molecule has 194 valence electrons. The number of nitriles is 1. The van der Waals surface area contributed by atoms with E-state index in [1.54, 1.807) is 6.07 Å². The fourth-order valence-corrected chi connectivity index (χ4v) is 6.92. The number of alkyl halides is 4. The lowest BCUT2D eigenvalue weighted by Gasteiger charge is -2.50. The largest absolute Gasteiger partial charge is 0.490 e. The number of benzene rings is 2. The molecule has 2 aliphatic heterocycles. The summed E-state index contributed by atoms with van der Waals surface area (Å²) >= 11 is 0. The van der Waals surface area contributed by atoms with Crippen LogP contribution in [0, 0.1) is 23.2 Å². The lowest BCUT2D eigenvalue weighted by Crippen LogP contribution is -2.52. The first kappa shape index (κ1) is 25.3. The highest BCUT2D eigenvalue weighted by Crippen LogP contribution is 2.43. The molecular formula is C29H34F4N2O. The predicted molar refractivity (Wildman–Crippen MR) is 131 cm³/mol. The van der Waals surface area contributed by atoms with E-state index in [-0.39, 0.29) is 30.9 Å². The van der Waals surface area contributed by atoms with Crippen LogP contribution >= 0.6 is 0 Å². The lowest BCUT2D eigenvalue weighted by atomic mass is 9.77. The molecule has 36 heavy (non-hydrogen) atoms. The van der Waals surface area contributed by atoms with E-state index in [1.807, 2.05) is 12.1 Å². The van der Waals surface area contributed by atoms with Crippen LogP contribution in [0.15, 0.2) is 30.3 Å². The van der Waals surface area contributed by atoms with Gasteiger partial charge in [-0.1, -0.05) is 24.6 Å². The van der Waals surface area contributed by atoms with Crippen molar-refractivity contribution in [1.29, 1.82) is 5.26 Å². The van der Waals surface area contributed by atoms with Gasteiger partial charge in [0.1, 0.15) is 12.4 Å². The van der Waals surface area contributed by atoms with Crippen molar-refractivity contribution in [2.45, 2.75) is 102 Å². The predicted octanol–water partition coefficient (Wildman–Crippen LogP) is 8.03. The normalized spacial score (nSPS) is 30.1. The molecule has 3 fully saturated rings. The Kier molecular flexibility index (Phi) is 7.18. The molecule has 7 heteroatoms. The maximum Gasteiger partial charge on any atom is 0.391 e. The molecule has 0 aromatic heterocycles. The van der Waals surface area contributed by atoms with Crippen LogP contribution in [-0.2, 0) is 6.67 Å². The summed E-state index contributed by atoms with van der Waals surface area (Å²) in [5.74, 6) is -0.677. The Hall–Kier alpha value is -2.33. The van der Waals surface area contributed by atoms with Gasteiger partial charge in [-0.15, -0.1) is 0 Å². The molecule has 3 unspecified atom stereocenters. The molecular weight excluding hydrogens is 468 g/mol. The highest BCUT2D eigenvalue weighted by Gasteiger charge is 2.42. The molecule has 1 saturated carbocycles. The molecule has 5 rings (SSSR count). The molecule has 2 bridgehead atoms. The second-order valence-electron chi connectivity index (χ2n) is 10.9. The van der Waals surface area contributed by atoms with Gasteiger partial charge in [-0.25, -0.2) is 4.39 Å². The summed E-state index contributed by atoms with van der Waals surface area (Å²) in [7, 11) is 0. The smallest absolute Gasteiger partial charge is 0.391 e. The highest BCUT2D eigenvalue weighted by atomic mass is 19.4. The molecule has 0 amide bonds. The van der Waals surface area contributed by atoms with E-state index in [0.717, 1.165) is 36.5 Å². The summed E-state index contributed by atoms with van der Waals surface area (Å²) < 4.78 is 59.2. The van der Waals surface area contributed by atoms with Gasteiger partial charge in [-0.05, 0) is 86.8 Å². The molecule has 0 N–H and O–H groups in total. The Morgan fingerprint density at radius 2 is 1.72 bits per heavy atom. The van der Waals surface area contributed by atoms with Gasteiger partial charge in [-0.3, -0.25) is 4.90 Å². The van der Waals surface area contributed by atoms with Crippen LogP contribution in [0.2, 0.25) is 0 Å². The van der Waals surface area contributed by atoms with Gasteiger partial charge in [0.2, 0.25) is 0 Å². The molecule has 0 spiro atoms. The Morgan fingerprint density at radius 1 is 1.03 bits per heavy atom. The van der Waals surface area contributed by atoms with Gasteiger partial charge in [0.25, 0.3) is 0 Å². The Balaban J connectivity index is 1.34. The first-order valence-electron chi connectivity index (χ1n) is 13.3. The van der Waals surface area contributed by atoms with Crippen molar-refractivity contribution < 1.29 is 22.3 Å². The second kappa shape index (κ2) is 10.2. The van der Waals surface area contributed by atoms with Crippen molar-refractivity contribution in [3.05, 3.63) is 41.5 Å². The molecule has 1 aliphatic carbocycles. The zero-order valence-corrected chi connectivity index (χ0v) is 20.7. The third kappa shape index (κ3) is 4.94. The molecule has 3 atom stereocenters. The molecule has 3 aliphatic rings. The van der Waals surface area contributed by atoms with Gasteiger partial charge in [-0.2, -0.15) is 18.4 Å². The summed E-state index contributed by atoms with van der Waals surface area (Å²) in [5, 5.41) is 11.2. The molecule has 0 radical (unpaired) electrons. The molecule has 2 saturated heterocycles. The average Bonchev–Trinajstić information content (AvgIpc) is 2.86. The number of hydrogen-bond acceptors (Lipinski definition) is 3. The zero-order chi connectivity index (χ0) is 25.4. The van der Waals surface area contributed by atoms with Crippen molar-refractivity contribution in [3.63, 3.8) is 0 Å². The quantitative estimate of drug-likeness (QED) is 0.388. The number of halogens is 4. The standard InChI is InChI=1S/C29H34F4N2O/c1-18(35-23-3-2-4-24(35)14-19(13-23)17-34)20-5-11-26-21(15-20)6-12-28(27(26)16-30)36-25-9-7-22(8-10-25)29(31,32)33/h5-6,11-12,15,18-19,22-25H,2-4,7-10,13-14,16H2,1H3/t18?,19?,22-,23?,24?,25+. The van der Waals surface area contributed by atoms with Crippen LogP contribution in [0.4, 0.5) is 17.6 Å². The van der Waals surface area contributed by atoms with Crippen LogP contribution in [-0.4, -0.2) is 29.3 Å². The molecule has 2 aromatic carbocycles. The van der Waals surface area contributed by atoms with Gasteiger partial charge in [0, 0.05) is 29.6 Å². The third-order valence-electron chi connectivity index (χ3n) is 8.82. The Labute approximate surface area is 210 Å². The molecule has 3 nitrogen and oxygen atoms in total. The summed E-state index contributed by atoms with van der Waals surface area (Å²) in [6.07, 6.45) is 1.64. The van der Waals surface area contributed by atoms with Crippen LogP contribution in [0.5, 0.6) is 5.75 Å². The van der Waals surface area contributed by atoms with Crippen LogP contribution in [0.1, 0.15) is 81.9 Å². The summed E-state index contributed by atoms with van der Waals surface area (Å²) in [6, 6.07) is 13.4. The minimum atomic E-state index is -4.16. The average molecular weight is 503 g/mol. The number of nitrogens with zero attached hydrogens (tertiary/aromatic N) is 2. The summed E-state index contributed by atoms with van der Waals surface area (Å²) in [6.45, 7) is 1.54. The first-order valence-corrected chi connectivity index (χ1v) is 13.3. The van der Waals surface area contributed by atoms with E-state index in [9.17, 15) is 22.8 Å². The number of ether oxygens (including phenoxy) is 1. The van der Waals surface area contributed by atoms with E-state index in [4.69, 9.17) is 4.74 Å². The van der Waals surface area contributed by atoms with E-state index >= 15 is 0 Å². The number of rotatable bonds is 5. The second-order valence-corrected chi connectivity index (χ2v) is 10.9. The van der Waals surface area contributed by atoms with Gasteiger partial charge in [0.15, 0.2) is 0 Å². The van der Waals surface area contributed by atoms with Gasteiger partial charge < -0.3 is 4.74 Å². The number of piperidine rings is 2. The lowest BCUT2D eigenvalue weighted by molar-refractivity contribution is -0.185. The topological polar surface area (TPSA) is 36.3 Å². The van der Waals surface area contributed by atoms with Crippen molar-refractivity contribution >= 4 is 10.8 Å². The monoisotopic (exact) mass is 502 g/mol. The van der Waals surface area contributed by atoms with E-state index in [0.29, 0.717) is 36.2 Å². The minimum absolute atomic E-state index is 0.0571. The molecule has 2 heterocycles. The van der Waals surface area contributed by atoms with Crippen LogP contribution in [0.3, 0.4) is 0 Å². The fourth-order valence-electron chi connectivity index (χ4n) is 6.92. The van der Waals surface area contributed by atoms with Gasteiger partial charge >= 0.3 is 6.18 Å². The van der Waals surface area contributed by atoms with Gasteiger partial charge in [0.05, 0.1) is 18.1 Å². The minimum Gasteiger partial charge on any atom is -0.490 e. The maximum atomic E-state index is 14.2. The SMILES string of the molecule is CC(c1ccc2c(CF)c(O[C@H]3CC[C@@H](C(F)(F)F)CC3)ccc2c1)N1C2CCCC1CC(C#N)C2. The fraction of sp³-hybridized carbons (Fsp3) is 0.621. The van der Waals surface area contributed by atoms with Crippen LogP contribution < -0.4 is 4.74 Å². The summed E-state index contributed by atoms with van der Waals surface area (Å²) in [5.41, 5.74) is 1.65. The Bertz CT molecular complexity index is 1100.